The number of hydrogen-bond donors (Lipinski definition) is 3. The summed E-state index contributed by atoms with van der Waals surface area (Å²) in [5.41, 5.74) is 3.51. The Kier molecular flexibility index (Phi) is 6.75. The number of aliphatic carboxylic acids is 1. The lowest BCUT2D eigenvalue weighted by molar-refractivity contribution is -0.326. The van der Waals surface area contributed by atoms with Crippen molar-refractivity contribution >= 4 is 5.97 Å². The second-order valence-electron chi connectivity index (χ2n) is 3.27. The molecule has 7 N–H and O–H groups in total. The molecule has 0 rings (SSSR count). The Hall–Kier alpha value is -0.650. The first-order valence-corrected chi connectivity index (χ1v) is 4.06. The Balaban J connectivity index is 0. The predicted molar refractivity (Wildman–Crippen MR) is 49.1 cm³/mol. The van der Waals surface area contributed by atoms with Crippen molar-refractivity contribution in [3.63, 3.8) is 0 Å². The summed E-state index contributed by atoms with van der Waals surface area (Å²) in [6, 6.07) is 0. The lowest BCUT2D eigenvalue weighted by atomic mass is 9.87. The lowest BCUT2D eigenvalue weighted by Crippen LogP contribution is -2.50. The fourth-order valence-electron chi connectivity index (χ4n) is 0.906. The van der Waals surface area contributed by atoms with E-state index < -0.39 is 11.6 Å². The maximum atomic E-state index is 10.4. The molecule has 0 aromatic rings. The number of carboxylic acids is 1. The van der Waals surface area contributed by atoms with Crippen molar-refractivity contribution in [2.75, 3.05) is 6.54 Å². The summed E-state index contributed by atoms with van der Waals surface area (Å²) in [6.45, 7) is 3.43. The Morgan fingerprint density at radius 2 is 2.15 bits per heavy atom. The van der Waals surface area contributed by atoms with E-state index in [2.05, 4.69) is 0 Å². The molecule has 0 aliphatic rings. The number of quaternary nitrogens is 1. The van der Waals surface area contributed by atoms with E-state index in [0.29, 0.717) is 19.4 Å². The smallest absolute Gasteiger partial charge is 0.104 e. The summed E-state index contributed by atoms with van der Waals surface area (Å²) in [4.78, 5) is 10.4. The highest BCUT2D eigenvalue weighted by Gasteiger charge is 2.28. The third kappa shape index (κ3) is 4.21. The summed E-state index contributed by atoms with van der Waals surface area (Å²) in [5.74, 6) is -1.75. The van der Waals surface area contributed by atoms with Crippen LogP contribution in [0.2, 0.25) is 0 Å². The number of nitrogens with two attached hydrogens (primary N) is 1. The molecular weight excluding hydrogens is 172 g/mol. The van der Waals surface area contributed by atoms with E-state index in [1.54, 1.807) is 6.92 Å². The minimum atomic E-state index is -1.74. The van der Waals surface area contributed by atoms with Crippen molar-refractivity contribution in [2.24, 2.45) is 11.7 Å². The van der Waals surface area contributed by atoms with E-state index in [0.717, 1.165) is 0 Å². The van der Waals surface area contributed by atoms with Crippen molar-refractivity contribution in [3.8, 4) is 0 Å². The normalized spacial score (nSPS) is 16.9. The molecule has 2 unspecified atom stereocenters. The third-order valence-corrected chi connectivity index (χ3v) is 2.21. The molecule has 0 aromatic carbocycles. The molecule has 5 heteroatoms. The Morgan fingerprint density at radius 1 is 1.69 bits per heavy atom. The molecule has 80 valence electrons. The lowest BCUT2D eigenvalue weighted by Gasteiger charge is -2.31. The number of carbonyl (C=O) groups is 1. The third-order valence-electron chi connectivity index (χ3n) is 2.21. The van der Waals surface area contributed by atoms with Gasteiger partial charge in [-0.1, -0.05) is 6.92 Å². The molecule has 2 atom stereocenters. The van der Waals surface area contributed by atoms with Crippen LogP contribution in [0, 0.1) is 5.92 Å². The van der Waals surface area contributed by atoms with Crippen molar-refractivity contribution in [3.05, 3.63) is 0 Å². The highest BCUT2D eigenvalue weighted by molar-refractivity contribution is 5.74. The van der Waals surface area contributed by atoms with Crippen molar-refractivity contribution < 1.29 is 15.0 Å². The minimum Gasteiger partial charge on any atom is -0.547 e. The summed E-state index contributed by atoms with van der Waals surface area (Å²) in [6.07, 6.45) is 1.31. The molecule has 0 saturated carbocycles. The molecule has 0 spiro atoms. The molecule has 0 fully saturated rings. The molecule has 0 aliphatic carbocycles. The highest BCUT2D eigenvalue weighted by Crippen LogP contribution is 2.20. The van der Waals surface area contributed by atoms with Gasteiger partial charge in [0.2, 0.25) is 0 Å². The number of hydrogen-bond acceptors (Lipinski definition) is 4. The second-order valence-corrected chi connectivity index (χ2v) is 3.27. The average Bonchev–Trinajstić information content (AvgIpc) is 1.99. The molecule has 0 radical (unpaired) electrons. The van der Waals surface area contributed by atoms with Gasteiger partial charge in [0.25, 0.3) is 0 Å². The molecule has 0 saturated heterocycles. The first kappa shape index (κ1) is 14.9. The molecule has 0 aromatic heterocycles. The van der Waals surface area contributed by atoms with Gasteiger partial charge in [0.05, 0.1) is 5.97 Å². The van der Waals surface area contributed by atoms with Gasteiger partial charge in [-0.05, 0) is 32.2 Å². The molecule has 0 aliphatic heterocycles. The largest absolute Gasteiger partial charge is 0.547 e. The fraction of sp³-hybridized carbons (Fsp3) is 0.875. The van der Waals surface area contributed by atoms with Gasteiger partial charge in [-0.25, -0.2) is 0 Å². The number of carboxylic acid groups (broad SMARTS) is 1. The van der Waals surface area contributed by atoms with Crippen LogP contribution in [-0.4, -0.2) is 23.2 Å². The SMILES string of the molecule is CC(CCCN)C(C)(O)C(=O)[O-].[NH4+]. The fourth-order valence-corrected chi connectivity index (χ4v) is 0.906. The summed E-state index contributed by atoms with van der Waals surface area (Å²) in [7, 11) is 0. The van der Waals surface area contributed by atoms with Gasteiger partial charge in [-0.2, -0.15) is 0 Å². The van der Waals surface area contributed by atoms with Crippen LogP contribution in [0.15, 0.2) is 0 Å². The Bertz CT molecular complexity index is 159. The van der Waals surface area contributed by atoms with Gasteiger partial charge in [0.1, 0.15) is 5.60 Å². The van der Waals surface area contributed by atoms with E-state index >= 15 is 0 Å². The maximum Gasteiger partial charge on any atom is 0.104 e. The van der Waals surface area contributed by atoms with Gasteiger partial charge in [-0.3, -0.25) is 0 Å². The van der Waals surface area contributed by atoms with Crippen LogP contribution < -0.4 is 17.0 Å². The predicted octanol–water partition coefficient (Wildman–Crippen LogP) is -0.761. The van der Waals surface area contributed by atoms with Crippen molar-refractivity contribution in [1.82, 2.24) is 6.15 Å². The highest BCUT2D eigenvalue weighted by atomic mass is 16.4. The van der Waals surface area contributed by atoms with E-state index in [-0.39, 0.29) is 12.1 Å². The summed E-state index contributed by atoms with van der Waals surface area (Å²) < 4.78 is 0. The van der Waals surface area contributed by atoms with Crippen molar-refractivity contribution in [2.45, 2.75) is 32.3 Å². The van der Waals surface area contributed by atoms with Gasteiger partial charge >= 0.3 is 0 Å². The zero-order valence-electron chi connectivity index (χ0n) is 8.54. The number of carbonyl (C=O) groups excluding carboxylic acids is 1. The molecule has 5 nitrogen and oxygen atoms in total. The second kappa shape index (κ2) is 5.90. The quantitative estimate of drug-likeness (QED) is 0.529. The zero-order valence-corrected chi connectivity index (χ0v) is 8.54. The molecule has 13 heavy (non-hydrogen) atoms. The van der Waals surface area contributed by atoms with Gasteiger partial charge < -0.3 is 26.9 Å². The van der Waals surface area contributed by atoms with E-state index in [9.17, 15) is 15.0 Å². The zero-order chi connectivity index (χ0) is 9.78. The molecular formula is C8H20N2O3. The molecule has 0 heterocycles. The minimum absolute atomic E-state index is 0. The topological polar surface area (TPSA) is 123 Å². The van der Waals surface area contributed by atoms with E-state index in [1.807, 2.05) is 0 Å². The molecule has 0 amide bonds. The summed E-state index contributed by atoms with van der Waals surface area (Å²) in [5, 5.41) is 19.8. The standard InChI is InChI=1S/C8H17NO3.H3N/c1-6(4-3-5-9)8(2,12)7(10)11;/h6,12H,3-5,9H2,1-2H3,(H,10,11);1H3. The maximum absolute atomic E-state index is 10.4. The van der Waals surface area contributed by atoms with Gasteiger partial charge in [0, 0.05) is 0 Å². The van der Waals surface area contributed by atoms with Crippen LogP contribution in [0.3, 0.4) is 0 Å². The van der Waals surface area contributed by atoms with E-state index in [4.69, 9.17) is 5.73 Å². The Morgan fingerprint density at radius 3 is 2.46 bits per heavy atom. The summed E-state index contributed by atoms with van der Waals surface area (Å²) >= 11 is 0. The van der Waals surface area contributed by atoms with Crippen molar-refractivity contribution in [1.29, 1.82) is 0 Å². The first-order chi connectivity index (χ1) is 5.42. The monoisotopic (exact) mass is 192 g/mol. The van der Waals surface area contributed by atoms with Gasteiger partial charge in [-0.15, -0.1) is 0 Å². The number of rotatable bonds is 5. The van der Waals surface area contributed by atoms with Crippen LogP contribution >= 0.6 is 0 Å². The van der Waals surface area contributed by atoms with Gasteiger partial charge in [0.15, 0.2) is 0 Å². The molecule has 0 bridgehead atoms. The number of aliphatic hydroxyl groups is 1. The average molecular weight is 192 g/mol. The van der Waals surface area contributed by atoms with Crippen LogP contribution in [0.5, 0.6) is 0 Å². The first-order valence-electron chi connectivity index (χ1n) is 4.06. The van der Waals surface area contributed by atoms with Crippen LogP contribution in [0.1, 0.15) is 26.7 Å². The van der Waals surface area contributed by atoms with Crippen LogP contribution in [0.25, 0.3) is 0 Å². The van der Waals surface area contributed by atoms with Crippen LogP contribution in [-0.2, 0) is 4.79 Å². The Labute approximate surface area is 78.5 Å². The van der Waals surface area contributed by atoms with Crippen LogP contribution in [0.4, 0.5) is 0 Å². The van der Waals surface area contributed by atoms with E-state index in [1.165, 1.54) is 6.92 Å².